The van der Waals surface area contributed by atoms with Crippen molar-refractivity contribution >= 4 is 0 Å². The van der Waals surface area contributed by atoms with Crippen LogP contribution in [0.3, 0.4) is 0 Å². The average Bonchev–Trinajstić information content (AvgIpc) is 3.31. The third kappa shape index (κ3) is 4.30. The summed E-state index contributed by atoms with van der Waals surface area (Å²) in [6.07, 6.45) is 0. The summed E-state index contributed by atoms with van der Waals surface area (Å²) >= 11 is 0. The van der Waals surface area contributed by atoms with Crippen molar-refractivity contribution in [3.63, 3.8) is 0 Å². The first-order chi connectivity index (χ1) is 19.7. The molecule has 0 aromatic heterocycles. The van der Waals surface area contributed by atoms with Crippen LogP contribution in [0.4, 0.5) is 0 Å². The quantitative estimate of drug-likeness (QED) is 0.209. The lowest BCUT2D eigenvalue weighted by Gasteiger charge is -2.35. The van der Waals surface area contributed by atoms with Crippen molar-refractivity contribution in [1.29, 1.82) is 0 Å². The van der Waals surface area contributed by atoms with E-state index in [-0.39, 0.29) is 32.2 Å². The normalized spacial score (nSPS) is 12.9. The average molecular weight is 531 g/mol. The molecule has 0 saturated carbocycles. The van der Waals surface area contributed by atoms with Gasteiger partial charge in [-0.15, -0.1) is 0 Å². The van der Waals surface area contributed by atoms with E-state index < -0.39 is 5.41 Å². The number of hydrogen-bond acceptors (Lipinski definition) is 5. The first kappa shape index (κ1) is 25.7. The molecule has 5 aromatic rings. The van der Waals surface area contributed by atoms with Gasteiger partial charge in [0.25, 0.3) is 0 Å². The van der Waals surface area contributed by atoms with Crippen LogP contribution in [0.2, 0.25) is 0 Å². The Morgan fingerprint density at radius 1 is 0.525 bits per heavy atom. The topological polar surface area (TPSA) is 79.2 Å². The van der Waals surface area contributed by atoms with Gasteiger partial charge in [0.05, 0.1) is 18.6 Å². The summed E-state index contributed by atoms with van der Waals surface area (Å²) in [7, 11) is 0. The molecule has 0 fully saturated rings. The third-order valence-corrected chi connectivity index (χ3v) is 7.53. The van der Waals surface area contributed by atoms with Crippen LogP contribution in [0.5, 0.6) is 17.2 Å². The molecule has 5 nitrogen and oxygen atoms in total. The van der Waals surface area contributed by atoms with Gasteiger partial charge in [-0.1, -0.05) is 78.9 Å². The van der Waals surface area contributed by atoms with Crippen LogP contribution in [-0.2, 0) is 5.41 Å². The summed E-state index contributed by atoms with van der Waals surface area (Å²) in [5.41, 5.74) is 8.23. The molecule has 5 aromatic carbocycles. The predicted octanol–water partition coefficient (Wildman–Crippen LogP) is 6.16. The van der Waals surface area contributed by atoms with Gasteiger partial charge in [-0.2, -0.15) is 0 Å². The third-order valence-electron chi connectivity index (χ3n) is 7.53. The number of aliphatic hydroxyl groups excluding tert-OH is 2. The molecule has 1 aliphatic rings. The molecule has 3 N–H and O–H groups in total. The molecule has 5 heteroatoms. The number of phenolic OH excluding ortho intramolecular Hbond substituents is 1. The number of phenols is 1. The molecule has 0 unspecified atom stereocenters. The Morgan fingerprint density at radius 2 is 1.05 bits per heavy atom. The Kier molecular flexibility index (Phi) is 6.99. The van der Waals surface area contributed by atoms with Crippen LogP contribution >= 0.6 is 0 Å². The van der Waals surface area contributed by atoms with E-state index in [1.54, 1.807) is 12.1 Å². The molecule has 0 radical (unpaired) electrons. The molecular formula is C35H30O5. The SMILES string of the molecule is OCCOc1ccc(C2(c3ccc(OCCO)cc3)c3ccccc3-c3cccc(-c4ccc(O)cc4)c32)cc1. The Bertz CT molecular complexity index is 1550. The van der Waals surface area contributed by atoms with Crippen molar-refractivity contribution in [3.8, 4) is 39.5 Å². The molecule has 0 spiro atoms. The summed E-state index contributed by atoms with van der Waals surface area (Å²) in [5.74, 6) is 1.61. The van der Waals surface area contributed by atoms with E-state index >= 15 is 0 Å². The zero-order valence-corrected chi connectivity index (χ0v) is 22.0. The Morgan fingerprint density at radius 3 is 1.62 bits per heavy atom. The van der Waals surface area contributed by atoms with E-state index in [0.29, 0.717) is 11.5 Å². The highest BCUT2D eigenvalue weighted by atomic mass is 16.5. The maximum atomic E-state index is 10.0. The first-order valence-corrected chi connectivity index (χ1v) is 13.4. The second-order valence-electron chi connectivity index (χ2n) is 9.76. The van der Waals surface area contributed by atoms with Gasteiger partial charge < -0.3 is 24.8 Å². The lowest BCUT2D eigenvalue weighted by molar-refractivity contribution is 0.201. The number of rotatable bonds is 9. The zero-order chi connectivity index (χ0) is 27.5. The van der Waals surface area contributed by atoms with Crippen molar-refractivity contribution < 1.29 is 24.8 Å². The standard InChI is InChI=1S/C35H30O5/c36-20-22-39-28-16-10-25(11-17-28)35(26-12-18-29(19-13-26)40-23-21-37)33-7-2-1-4-31(33)32-6-3-5-30(34(32)35)24-8-14-27(38)15-9-24/h1-19,36-38H,20-23H2. The number of aliphatic hydroxyl groups is 2. The van der Waals surface area contributed by atoms with Crippen molar-refractivity contribution in [2.24, 2.45) is 0 Å². The number of ether oxygens (including phenoxy) is 2. The maximum absolute atomic E-state index is 10.0. The molecular weight excluding hydrogens is 500 g/mol. The second kappa shape index (κ2) is 10.9. The predicted molar refractivity (Wildman–Crippen MR) is 156 cm³/mol. The number of aromatic hydroxyl groups is 1. The van der Waals surface area contributed by atoms with Crippen LogP contribution in [-0.4, -0.2) is 41.7 Å². The highest BCUT2D eigenvalue weighted by molar-refractivity contribution is 5.92. The lowest BCUT2D eigenvalue weighted by Crippen LogP contribution is -2.29. The molecule has 6 rings (SSSR count). The summed E-state index contributed by atoms with van der Waals surface area (Å²) < 4.78 is 11.4. The van der Waals surface area contributed by atoms with Gasteiger partial charge in [-0.25, -0.2) is 0 Å². The van der Waals surface area contributed by atoms with E-state index in [4.69, 9.17) is 9.47 Å². The summed E-state index contributed by atoms with van der Waals surface area (Å²) in [6, 6.07) is 38.5. The summed E-state index contributed by atoms with van der Waals surface area (Å²) in [5, 5.41) is 28.5. The van der Waals surface area contributed by atoms with Gasteiger partial charge >= 0.3 is 0 Å². The van der Waals surface area contributed by atoms with E-state index in [9.17, 15) is 15.3 Å². The Balaban J connectivity index is 1.65. The van der Waals surface area contributed by atoms with Gasteiger partial charge in [0.15, 0.2) is 0 Å². The van der Waals surface area contributed by atoms with E-state index in [1.807, 2.05) is 36.4 Å². The maximum Gasteiger partial charge on any atom is 0.119 e. The van der Waals surface area contributed by atoms with Crippen LogP contribution in [0.25, 0.3) is 22.3 Å². The van der Waals surface area contributed by atoms with E-state index in [0.717, 1.165) is 33.4 Å². The van der Waals surface area contributed by atoms with Gasteiger partial charge in [0, 0.05) is 0 Å². The largest absolute Gasteiger partial charge is 0.508 e. The zero-order valence-electron chi connectivity index (χ0n) is 22.0. The molecule has 0 amide bonds. The number of fused-ring (bicyclic) bond motifs is 3. The van der Waals surface area contributed by atoms with Gasteiger partial charge in [-0.3, -0.25) is 0 Å². The Labute approximate surface area is 233 Å². The molecule has 1 aliphatic carbocycles. The number of benzene rings is 5. The number of hydrogen-bond donors (Lipinski definition) is 3. The van der Waals surface area contributed by atoms with Crippen molar-refractivity contribution in [2.45, 2.75) is 5.41 Å². The second-order valence-corrected chi connectivity index (χ2v) is 9.76. The van der Waals surface area contributed by atoms with Gasteiger partial charge in [-0.05, 0) is 80.9 Å². The molecule has 0 bridgehead atoms. The van der Waals surface area contributed by atoms with Crippen LogP contribution in [0.15, 0.2) is 115 Å². The smallest absolute Gasteiger partial charge is 0.119 e. The molecule has 200 valence electrons. The van der Waals surface area contributed by atoms with E-state index in [2.05, 4.69) is 66.7 Å². The molecule has 40 heavy (non-hydrogen) atoms. The summed E-state index contributed by atoms with van der Waals surface area (Å²) in [4.78, 5) is 0. The fraction of sp³-hybridized carbons (Fsp3) is 0.143. The van der Waals surface area contributed by atoms with Crippen LogP contribution < -0.4 is 9.47 Å². The summed E-state index contributed by atoms with van der Waals surface area (Å²) in [6.45, 7) is 0.368. The van der Waals surface area contributed by atoms with E-state index in [1.165, 1.54) is 11.1 Å². The van der Waals surface area contributed by atoms with Crippen molar-refractivity contribution in [2.75, 3.05) is 26.4 Å². The molecule has 0 aliphatic heterocycles. The molecule has 0 atom stereocenters. The lowest BCUT2D eigenvalue weighted by atomic mass is 9.66. The minimum Gasteiger partial charge on any atom is -0.508 e. The highest BCUT2D eigenvalue weighted by Crippen LogP contribution is 2.58. The van der Waals surface area contributed by atoms with Crippen molar-refractivity contribution in [1.82, 2.24) is 0 Å². The van der Waals surface area contributed by atoms with Crippen LogP contribution in [0.1, 0.15) is 22.3 Å². The fourth-order valence-electron chi connectivity index (χ4n) is 5.94. The van der Waals surface area contributed by atoms with Gasteiger partial charge in [0.2, 0.25) is 0 Å². The first-order valence-electron chi connectivity index (χ1n) is 13.4. The molecule has 0 saturated heterocycles. The monoisotopic (exact) mass is 530 g/mol. The minimum absolute atomic E-state index is 0.0485. The molecule has 0 heterocycles. The fourth-order valence-corrected chi connectivity index (χ4v) is 5.94. The minimum atomic E-state index is -0.661. The van der Waals surface area contributed by atoms with Crippen LogP contribution in [0, 0.1) is 0 Å². The highest BCUT2D eigenvalue weighted by Gasteiger charge is 2.47. The van der Waals surface area contributed by atoms with Crippen molar-refractivity contribution in [3.05, 3.63) is 138 Å². The van der Waals surface area contributed by atoms with Gasteiger partial charge in [0.1, 0.15) is 30.5 Å². The Hall–Kier alpha value is -4.58.